The van der Waals surface area contributed by atoms with E-state index in [1.165, 1.54) is 0 Å². The summed E-state index contributed by atoms with van der Waals surface area (Å²) in [7, 11) is -3.01. The lowest BCUT2D eigenvalue weighted by Crippen LogP contribution is -2.67. The first kappa shape index (κ1) is 27.1. The fourth-order valence-electron chi connectivity index (χ4n) is 4.68. The van der Waals surface area contributed by atoms with Crippen LogP contribution in [0.2, 0.25) is 5.04 Å². The van der Waals surface area contributed by atoms with E-state index in [1.54, 1.807) is 0 Å². The van der Waals surface area contributed by atoms with Crippen LogP contribution in [-0.4, -0.2) is 33.4 Å². The molecule has 0 aliphatic rings. The van der Waals surface area contributed by atoms with E-state index in [1.807, 2.05) is 92.7 Å². The molecule has 6 heteroatoms. The van der Waals surface area contributed by atoms with Crippen molar-refractivity contribution in [3.05, 3.63) is 90.0 Å². The van der Waals surface area contributed by atoms with Gasteiger partial charge in [-0.1, -0.05) is 93.6 Å². The number of alkyl halides is 2. The van der Waals surface area contributed by atoms with Gasteiger partial charge in [-0.25, -0.2) is 8.78 Å². The van der Waals surface area contributed by atoms with Gasteiger partial charge in [0.1, 0.15) is 0 Å². The first-order chi connectivity index (χ1) is 16.5. The van der Waals surface area contributed by atoms with Crippen LogP contribution in [0.4, 0.5) is 14.5 Å². The van der Waals surface area contributed by atoms with Gasteiger partial charge < -0.3 is 15.5 Å². The third-order valence-corrected chi connectivity index (χ3v) is 11.6. The molecule has 3 aromatic carbocycles. The van der Waals surface area contributed by atoms with Gasteiger partial charge in [0, 0.05) is 11.7 Å². The predicted molar refractivity (Wildman–Crippen MR) is 145 cm³/mol. The molecule has 0 heterocycles. The van der Waals surface area contributed by atoms with Crippen LogP contribution in [-0.2, 0) is 10.8 Å². The number of nitrogens with two attached hydrogens (primary N) is 1. The Morgan fingerprint density at radius 3 is 1.94 bits per heavy atom. The van der Waals surface area contributed by atoms with Gasteiger partial charge in [0.25, 0.3) is 14.2 Å². The lowest BCUT2D eigenvalue weighted by atomic mass is 10.0. The summed E-state index contributed by atoms with van der Waals surface area (Å²) in [4.78, 5) is 0. The molecule has 3 nitrogen and oxygen atoms in total. The van der Waals surface area contributed by atoms with E-state index < -0.39 is 27.4 Å². The number of rotatable bonds is 10. The standard InChI is InChI=1S/C29H38F2N2OSi/c1-22(19-24-13-12-18-27(32)23(24)2)33-20-29(30,31)21-34-35(28(3,4)5,25-14-8-6-9-15-25)26-16-10-7-11-17-26/h6-18,22,33H,19-21,32H2,1-5H3/t22-/m1/s1. The summed E-state index contributed by atoms with van der Waals surface area (Å²) in [6.45, 7) is 9.05. The topological polar surface area (TPSA) is 47.3 Å². The van der Waals surface area contributed by atoms with Crippen LogP contribution in [0.1, 0.15) is 38.8 Å². The Balaban J connectivity index is 1.78. The van der Waals surface area contributed by atoms with Crippen LogP contribution in [0.5, 0.6) is 0 Å². The molecular weight excluding hydrogens is 458 g/mol. The van der Waals surface area contributed by atoms with E-state index in [-0.39, 0.29) is 11.1 Å². The molecule has 0 aromatic heterocycles. The van der Waals surface area contributed by atoms with Gasteiger partial charge in [-0.15, -0.1) is 0 Å². The molecule has 0 saturated carbocycles. The smallest absolute Gasteiger partial charge is 0.281 e. The van der Waals surface area contributed by atoms with E-state index in [0.717, 1.165) is 27.2 Å². The van der Waals surface area contributed by atoms with Crippen molar-refractivity contribution in [2.24, 2.45) is 0 Å². The number of hydrogen-bond acceptors (Lipinski definition) is 3. The molecule has 0 saturated heterocycles. The Hall–Kier alpha value is -2.54. The molecule has 0 fully saturated rings. The average molecular weight is 497 g/mol. The Morgan fingerprint density at radius 2 is 1.43 bits per heavy atom. The summed E-state index contributed by atoms with van der Waals surface area (Å²) in [5, 5.41) is 4.65. The van der Waals surface area contributed by atoms with Gasteiger partial charge in [0.15, 0.2) is 0 Å². The van der Waals surface area contributed by atoms with Crippen LogP contribution in [0.25, 0.3) is 0 Å². The lowest BCUT2D eigenvalue weighted by Gasteiger charge is -2.43. The van der Waals surface area contributed by atoms with E-state index in [4.69, 9.17) is 10.2 Å². The third-order valence-electron chi connectivity index (χ3n) is 6.64. The highest BCUT2D eigenvalue weighted by molar-refractivity contribution is 6.99. The maximum atomic E-state index is 15.2. The van der Waals surface area contributed by atoms with Crippen LogP contribution >= 0.6 is 0 Å². The second-order valence-electron chi connectivity index (χ2n) is 10.4. The van der Waals surface area contributed by atoms with Crippen LogP contribution in [0, 0.1) is 6.92 Å². The molecule has 3 rings (SSSR count). The molecule has 0 amide bonds. The van der Waals surface area contributed by atoms with Gasteiger partial charge in [0.2, 0.25) is 0 Å². The molecule has 0 bridgehead atoms. The fourth-order valence-corrected chi connectivity index (χ4v) is 9.26. The highest BCUT2D eigenvalue weighted by Gasteiger charge is 2.51. The molecule has 0 unspecified atom stereocenters. The number of benzene rings is 3. The molecule has 3 N–H and O–H groups in total. The van der Waals surface area contributed by atoms with Crippen molar-refractivity contribution in [3.8, 4) is 0 Å². The van der Waals surface area contributed by atoms with Crippen molar-refractivity contribution in [2.45, 2.75) is 58.0 Å². The summed E-state index contributed by atoms with van der Waals surface area (Å²) >= 11 is 0. The summed E-state index contributed by atoms with van der Waals surface area (Å²) in [5.74, 6) is -3.02. The van der Waals surface area contributed by atoms with Gasteiger partial charge in [0.05, 0.1) is 13.2 Å². The molecule has 0 radical (unpaired) electrons. The minimum Gasteiger partial charge on any atom is -0.401 e. The van der Waals surface area contributed by atoms with Gasteiger partial charge in [-0.3, -0.25) is 0 Å². The molecule has 35 heavy (non-hydrogen) atoms. The van der Waals surface area contributed by atoms with Gasteiger partial charge >= 0.3 is 0 Å². The SMILES string of the molecule is Cc1c(N)cccc1C[C@@H](C)NCC(F)(F)CO[Si](c1ccccc1)(c1ccccc1)C(C)(C)C. The van der Waals surface area contributed by atoms with Crippen LogP contribution in [0.15, 0.2) is 78.9 Å². The number of nitrogens with one attached hydrogen (secondary N) is 1. The lowest BCUT2D eigenvalue weighted by molar-refractivity contribution is -0.0433. The second kappa shape index (κ2) is 11.0. The quantitative estimate of drug-likeness (QED) is 0.295. The summed E-state index contributed by atoms with van der Waals surface area (Å²) in [6.07, 6.45) is 0.627. The molecule has 0 spiro atoms. The maximum Gasteiger partial charge on any atom is 0.281 e. The molecule has 1 atom stereocenters. The Morgan fingerprint density at radius 1 is 0.886 bits per heavy atom. The highest BCUT2D eigenvalue weighted by atomic mass is 28.4. The first-order valence-electron chi connectivity index (χ1n) is 12.2. The minimum atomic E-state index is -3.02. The highest BCUT2D eigenvalue weighted by Crippen LogP contribution is 2.37. The normalized spacial score (nSPS) is 13.6. The predicted octanol–water partition coefficient (Wildman–Crippen LogP) is 5.31. The summed E-state index contributed by atoms with van der Waals surface area (Å²) in [5.41, 5.74) is 8.79. The number of hydrogen-bond donors (Lipinski definition) is 2. The van der Waals surface area contributed by atoms with Crippen molar-refractivity contribution >= 4 is 24.4 Å². The van der Waals surface area contributed by atoms with Crippen molar-refractivity contribution in [1.29, 1.82) is 0 Å². The molecule has 3 aromatic rings. The van der Waals surface area contributed by atoms with Crippen LogP contribution in [0.3, 0.4) is 0 Å². The van der Waals surface area contributed by atoms with E-state index in [0.29, 0.717) is 6.42 Å². The number of nitrogen functional groups attached to an aromatic ring is 1. The second-order valence-corrected chi connectivity index (χ2v) is 14.7. The van der Waals surface area contributed by atoms with E-state index >= 15 is 8.78 Å². The summed E-state index contributed by atoms with van der Waals surface area (Å²) < 4.78 is 36.9. The van der Waals surface area contributed by atoms with Crippen molar-refractivity contribution < 1.29 is 13.2 Å². The third kappa shape index (κ3) is 6.37. The monoisotopic (exact) mass is 496 g/mol. The Kier molecular flexibility index (Phi) is 8.52. The number of halogens is 2. The van der Waals surface area contributed by atoms with Crippen molar-refractivity contribution in [1.82, 2.24) is 5.32 Å². The zero-order chi connectivity index (χ0) is 25.7. The van der Waals surface area contributed by atoms with Crippen molar-refractivity contribution in [2.75, 3.05) is 18.9 Å². The summed E-state index contributed by atoms with van der Waals surface area (Å²) in [6, 6.07) is 25.4. The minimum absolute atomic E-state index is 0.130. The Bertz CT molecular complexity index is 1050. The zero-order valence-corrected chi connectivity index (χ0v) is 22.4. The van der Waals surface area contributed by atoms with E-state index in [2.05, 4.69) is 26.1 Å². The Labute approximate surface area is 209 Å². The average Bonchev–Trinajstić information content (AvgIpc) is 2.82. The van der Waals surface area contributed by atoms with E-state index in [9.17, 15) is 0 Å². The molecule has 0 aliphatic heterocycles. The maximum absolute atomic E-state index is 15.2. The zero-order valence-electron chi connectivity index (χ0n) is 21.4. The van der Waals surface area contributed by atoms with Crippen molar-refractivity contribution in [3.63, 3.8) is 0 Å². The molecule has 188 valence electrons. The first-order valence-corrected chi connectivity index (χ1v) is 14.1. The largest absolute Gasteiger partial charge is 0.401 e. The van der Waals surface area contributed by atoms with Gasteiger partial charge in [-0.2, -0.15) is 0 Å². The molecular formula is C29H38F2N2OSi. The number of anilines is 1. The van der Waals surface area contributed by atoms with Gasteiger partial charge in [-0.05, 0) is 52.9 Å². The van der Waals surface area contributed by atoms with Crippen LogP contribution < -0.4 is 21.4 Å². The fraction of sp³-hybridized carbons (Fsp3) is 0.379. The molecule has 0 aliphatic carbocycles.